The molecule has 2 aromatic carbocycles. The molecule has 0 atom stereocenters. The molecule has 0 unspecified atom stereocenters. The molecule has 2 amide bonds. The van der Waals surface area contributed by atoms with Gasteiger partial charge >= 0.3 is 0 Å². The number of benzene rings is 2. The number of amides is 2. The molecule has 0 aliphatic rings. The standard InChI is InChI=1S/C22H23N3O5S/c1-3-28-19-6-4-5-7-20(19)30-13-21(26)24-25-22(27)16-8-10-18(11-9-16)29-12-17-14-31-15(2)23-17/h4-11,14H,3,12-13H2,1-2H3,(H,24,26)(H,25,27). The van der Waals surface area contributed by atoms with Crippen molar-refractivity contribution in [3.8, 4) is 17.2 Å². The average Bonchev–Trinajstić information content (AvgIpc) is 3.21. The molecule has 0 radical (unpaired) electrons. The maximum Gasteiger partial charge on any atom is 0.276 e. The maximum absolute atomic E-state index is 12.2. The first-order valence-electron chi connectivity index (χ1n) is 9.63. The van der Waals surface area contributed by atoms with Crippen molar-refractivity contribution in [3.63, 3.8) is 0 Å². The smallest absolute Gasteiger partial charge is 0.276 e. The largest absolute Gasteiger partial charge is 0.490 e. The number of aryl methyl sites for hydroxylation is 1. The Morgan fingerprint density at radius 3 is 2.32 bits per heavy atom. The van der Waals surface area contributed by atoms with Gasteiger partial charge in [-0.25, -0.2) is 4.98 Å². The third-order valence-electron chi connectivity index (χ3n) is 3.99. The summed E-state index contributed by atoms with van der Waals surface area (Å²) in [4.78, 5) is 28.5. The van der Waals surface area contributed by atoms with E-state index < -0.39 is 11.8 Å². The molecule has 3 rings (SSSR count). The molecule has 162 valence electrons. The Kier molecular flexibility index (Phi) is 7.83. The molecule has 0 aliphatic heterocycles. The molecule has 8 nitrogen and oxygen atoms in total. The van der Waals surface area contributed by atoms with Crippen LogP contribution in [-0.4, -0.2) is 30.0 Å². The highest BCUT2D eigenvalue weighted by molar-refractivity contribution is 7.09. The first-order chi connectivity index (χ1) is 15.0. The van der Waals surface area contributed by atoms with Crippen molar-refractivity contribution >= 4 is 23.2 Å². The van der Waals surface area contributed by atoms with Crippen LogP contribution in [0.1, 0.15) is 28.0 Å². The molecule has 0 spiro atoms. The minimum Gasteiger partial charge on any atom is -0.490 e. The highest BCUT2D eigenvalue weighted by atomic mass is 32.1. The average molecular weight is 442 g/mol. The fourth-order valence-electron chi connectivity index (χ4n) is 2.56. The van der Waals surface area contributed by atoms with Gasteiger partial charge in [-0.15, -0.1) is 11.3 Å². The molecular weight excluding hydrogens is 418 g/mol. The summed E-state index contributed by atoms with van der Waals surface area (Å²) in [5.74, 6) is 0.666. The number of ether oxygens (including phenoxy) is 3. The second-order valence-corrected chi connectivity index (χ2v) is 7.40. The van der Waals surface area contributed by atoms with Gasteiger partial charge in [0.2, 0.25) is 0 Å². The van der Waals surface area contributed by atoms with Gasteiger partial charge in [0.15, 0.2) is 18.1 Å². The summed E-state index contributed by atoms with van der Waals surface area (Å²) in [6.07, 6.45) is 0. The van der Waals surface area contributed by atoms with Crippen molar-refractivity contribution in [3.05, 3.63) is 70.2 Å². The maximum atomic E-state index is 12.2. The summed E-state index contributed by atoms with van der Waals surface area (Å²) in [5.41, 5.74) is 5.91. The van der Waals surface area contributed by atoms with Crippen LogP contribution in [0.3, 0.4) is 0 Å². The zero-order valence-electron chi connectivity index (χ0n) is 17.2. The van der Waals surface area contributed by atoms with Crippen LogP contribution in [-0.2, 0) is 11.4 Å². The first kappa shape index (κ1) is 22.1. The molecule has 0 aliphatic carbocycles. The van der Waals surface area contributed by atoms with Crippen molar-refractivity contribution in [2.24, 2.45) is 0 Å². The fourth-order valence-corrected chi connectivity index (χ4v) is 3.15. The lowest BCUT2D eigenvalue weighted by molar-refractivity contribution is -0.123. The third-order valence-corrected chi connectivity index (χ3v) is 4.82. The Bertz CT molecular complexity index is 1020. The molecular formula is C22H23N3O5S. The lowest BCUT2D eigenvalue weighted by Crippen LogP contribution is -2.43. The Labute approximate surface area is 184 Å². The number of aromatic nitrogens is 1. The summed E-state index contributed by atoms with van der Waals surface area (Å²) in [5, 5.41) is 2.93. The highest BCUT2D eigenvalue weighted by Crippen LogP contribution is 2.26. The second-order valence-electron chi connectivity index (χ2n) is 6.34. The van der Waals surface area contributed by atoms with Gasteiger partial charge in [0.1, 0.15) is 12.4 Å². The number of nitrogens with one attached hydrogen (secondary N) is 2. The SMILES string of the molecule is CCOc1ccccc1OCC(=O)NNC(=O)c1ccc(OCc2csc(C)n2)cc1. The zero-order chi connectivity index (χ0) is 22.1. The monoisotopic (exact) mass is 441 g/mol. The lowest BCUT2D eigenvalue weighted by Gasteiger charge is -2.12. The molecule has 2 N–H and O–H groups in total. The Hall–Kier alpha value is -3.59. The molecule has 0 saturated carbocycles. The summed E-state index contributed by atoms with van der Waals surface area (Å²) >= 11 is 1.56. The van der Waals surface area contributed by atoms with Crippen LogP contribution >= 0.6 is 11.3 Å². The van der Waals surface area contributed by atoms with E-state index in [1.165, 1.54) is 0 Å². The van der Waals surface area contributed by atoms with Gasteiger partial charge in [-0.05, 0) is 50.2 Å². The Morgan fingerprint density at radius 1 is 0.968 bits per heavy atom. The van der Waals surface area contributed by atoms with Crippen LogP contribution in [0, 0.1) is 6.92 Å². The summed E-state index contributed by atoms with van der Waals surface area (Å²) in [6, 6.07) is 13.6. The quantitative estimate of drug-likeness (QED) is 0.495. The minimum absolute atomic E-state index is 0.271. The van der Waals surface area contributed by atoms with Gasteiger partial charge in [0.25, 0.3) is 11.8 Å². The molecule has 31 heavy (non-hydrogen) atoms. The van der Waals surface area contributed by atoms with Gasteiger partial charge in [-0.2, -0.15) is 0 Å². The van der Waals surface area contributed by atoms with E-state index in [9.17, 15) is 9.59 Å². The van der Waals surface area contributed by atoms with Crippen molar-refractivity contribution in [1.29, 1.82) is 0 Å². The highest BCUT2D eigenvalue weighted by Gasteiger charge is 2.10. The molecule has 1 aromatic heterocycles. The van der Waals surface area contributed by atoms with E-state index in [1.807, 2.05) is 25.3 Å². The van der Waals surface area contributed by atoms with Crippen LogP contribution in [0.2, 0.25) is 0 Å². The Balaban J connectivity index is 1.43. The second kappa shape index (κ2) is 11.0. The van der Waals surface area contributed by atoms with E-state index in [0.29, 0.717) is 36.0 Å². The Morgan fingerprint density at radius 2 is 1.68 bits per heavy atom. The van der Waals surface area contributed by atoms with Crippen molar-refractivity contribution in [1.82, 2.24) is 15.8 Å². The van der Waals surface area contributed by atoms with E-state index in [4.69, 9.17) is 14.2 Å². The normalized spacial score (nSPS) is 10.3. The molecule has 0 saturated heterocycles. The topological polar surface area (TPSA) is 98.8 Å². The third kappa shape index (κ3) is 6.71. The van der Waals surface area contributed by atoms with Gasteiger partial charge in [0, 0.05) is 10.9 Å². The van der Waals surface area contributed by atoms with Gasteiger partial charge in [-0.3, -0.25) is 20.4 Å². The molecule has 9 heteroatoms. The van der Waals surface area contributed by atoms with Crippen molar-refractivity contribution in [2.75, 3.05) is 13.2 Å². The van der Waals surface area contributed by atoms with Crippen LogP contribution in [0.5, 0.6) is 17.2 Å². The van der Waals surface area contributed by atoms with Crippen LogP contribution < -0.4 is 25.1 Å². The summed E-state index contributed by atoms with van der Waals surface area (Å²) in [7, 11) is 0. The van der Waals surface area contributed by atoms with Gasteiger partial charge in [-0.1, -0.05) is 12.1 Å². The zero-order valence-corrected chi connectivity index (χ0v) is 18.0. The molecule has 3 aromatic rings. The number of carbonyl (C=O) groups excluding carboxylic acids is 2. The van der Waals surface area contributed by atoms with E-state index >= 15 is 0 Å². The van der Waals surface area contributed by atoms with Crippen LogP contribution in [0.15, 0.2) is 53.9 Å². The number of thiazole rings is 1. The molecule has 0 fully saturated rings. The number of hydrazine groups is 1. The lowest BCUT2D eigenvalue weighted by atomic mass is 10.2. The number of hydrogen-bond acceptors (Lipinski definition) is 7. The van der Waals surface area contributed by atoms with Gasteiger partial charge < -0.3 is 14.2 Å². The van der Waals surface area contributed by atoms with E-state index in [2.05, 4.69) is 15.8 Å². The number of hydrogen-bond donors (Lipinski definition) is 2. The van der Waals surface area contributed by atoms with Crippen molar-refractivity contribution < 1.29 is 23.8 Å². The fraction of sp³-hybridized carbons (Fsp3) is 0.227. The van der Waals surface area contributed by atoms with Crippen LogP contribution in [0.4, 0.5) is 0 Å². The predicted molar refractivity (Wildman–Crippen MR) is 116 cm³/mol. The first-order valence-corrected chi connectivity index (χ1v) is 10.5. The number of rotatable bonds is 9. The van der Waals surface area contributed by atoms with Crippen molar-refractivity contribution in [2.45, 2.75) is 20.5 Å². The summed E-state index contributed by atoms with van der Waals surface area (Å²) < 4.78 is 16.6. The van der Waals surface area contributed by atoms with Crippen LogP contribution in [0.25, 0.3) is 0 Å². The summed E-state index contributed by atoms with van der Waals surface area (Å²) in [6.45, 7) is 4.37. The molecule has 1 heterocycles. The number of carbonyl (C=O) groups is 2. The number of nitrogens with zero attached hydrogens (tertiary/aromatic N) is 1. The molecule has 0 bridgehead atoms. The predicted octanol–water partition coefficient (Wildman–Crippen LogP) is 3.27. The van der Waals surface area contributed by atoms with E-state index in [-0.39, 0.29) is 6.61 Å². The van der Waals surface area contributed by atoms with E-state index in [0.717, 1.165) is 10.7 Å². The van der Waals surface area contributed by atoms with Gasteiger partial charge in [0.05, 0.1) is 17.3 Å². The number of para-hydroxylation sites is 2. The minimum atomic E-state index is -0.502. The van der Waals surface area contributed by atoms with E-state index in [1.54, 1.807) is 53.8 Å².